The fourth-order valence-corrected chi connectivity index (χ4v) is 1.11. The molecule has 0 fully saturated rings. The van der Waals surface area contributed by atoms with Crippen LogP contribution in [0.5, 0.6) is 5.75 Å². The Hall–Kier alpha value is -1.55. The minimum atomic E-state index is -0.542. The van der Waals surface area contributed by atoms with Gasteiger partial charge in [0.25, 0.3) is 5.91 Å². The first-order valence-corrected chi connectivity index (χ1v) is 4.74. The summed E-state index contributed by atoms with van der Waals surface area (Å²) in [4.78, 5) is 11.5. The first-order valence-electron chi connectivity index (χ1n) is 4.74. The van der Waals surface area contributed by atoms with E-state index in [0.717, 1.165) is 0 Å². The van der Waals surface area contributed by atoms with Gasteiger partial charge in [-0.1, -0.05) is 6.07 Å². The second-order valence-corrected chi connectivity index (χ2v) is 3.29. The first-order chi connectivity index (χ1) is 7.13. The van der Waals surface area contributed by atoms with E-state index in [1.54, 1.807) is 38.3 Å². The van der Waals surface area contributed by atoms with Crippen molar-refractivity contribution in [1.29, 1.82) is 0 Å². The number of aliphatic hydroxyl groups is 1. The van der Waals surface area contributed by atoms with Crippen molar-refractivity contribution in [3.63, 3.8) is 0 Å². The van der Waals surface area contributed by atoms with Gasteiger partial charge < -0.3 is 15.2 Å². The summed E-state index contributed by atoms with van der Waals surface area (Å²) >= 11 is 0. The monoisotopic (exact) mass is 209 g/mol. The third-order valence-corrected chi connectivity index (χ3v) is 1.89. The average molecular weight is 209 g/mol. The lowest BCUT2D eigenvalue weighted by Gasteiger charge is -2.07. The molecule has 0 spiro atoms. The van der Waals surface area contributed by atoms with Crippen LogP contribution in [0.15, 0.2) is 24.3 Å². The molecule has 0 unspecified atom stereocenters. The predicted octanol–water partition coefficient (Wildman–Crippen LogP) is 0.806. The van der Waals surface area contributed by atoms with Crippen LogP contribution >= 0.6 is 0 Å². The molecule has 1 aromatic rings. The average Bonchev–Trinajstić information content (AvgIpc) is 2.26. The van der Waals surface area contributed by atoms with Crippen LogP contribution in [0.2, 0.25) is 0 Å². The number of benzene rings is 1. The van der Waals surface area contributed by atoms with E-state index in [1.165, 1.54) is 0 Å². The molecular formula is C11H15NO3. The van der Waals surface area contributed by atoms with E-state index < -0.39 is 6.10 Å². The number of ether oxygens (including phenoxy) is 1. The molecule has 82 valence electrons. The zero-order chi connectivity index (χ0) is 11.3. The minimum Gasteiger partial charge on any atom is -0.497 e. The summed E-state index contributed by atoms with van der Waals surface area (Å²) in [6.45, 7) is 1.86. The van der Waals surface area contributed by atoms with E-state index in [2.05, 4.69) is 5.32 Å². The van der Waals surface area contributed by atoms with Crippen LogP contribution in [0.3, 0.4) is 0 Å². The van der Waals surface area contributed by atoms with Crippen LogP contribution in [-0.4, -0.2) is 30.8 Å². The fraction of sp³-hybridized carbons (Fsp3) is 0.364. The van der Waals surface area contributed by atoms with Crippen molar-refractivity contribution in [1.82, 2.24) is 5.32 Å². The maximum absolute atomic E-state index is 11.5. The van der Waals surface area contributed by atoms with Crippen LogP contribution in [0, 0.1) is 0 Å². The van der Waals surface area contributed by atoms with Crippen LogP contribution in [-0.2, 0) is 0 Å². The zero-order valence-corrected chi connectivity index (χ0v) is 8.86. The van der Waals surface area contributed by atoms with E-state index >= 15 is 0 Å². The van der Waals surface area contributed by atoms with E-state index in [0.29, 0.717) is 11.3 Å². The first kappa shape index (κ1) is 11.5. The third-order valence-electron chi connectivity index (χ3n) is 1.89. The van der Waals surface area contributed by atoms with E-state index in [9.17, 15) is 4.79 Å². The number of carbonyl (C=O) groups excluding carboxylic acids is 1. The van der Waals surface area contributed by atoms with Crippen LogP contribution < -0.4 is 10.1 Å². The number of hydrogen-bond acceptors (Lipinski definition) is 3. The minimum absolute atomic E-state index is 0.213. The number of carbonyl (C=O) groups is 1. The van der Waals surface area contributed by atoms with Crippen molar-refractivity contribution in [2.75, 3.05) is 13.7 Å². The number of nitrogens with one attached hydrogen (secondary N) is 1. The van der Waals surface area contributed by atoms with Gasteiger partial charge in [-0.25, -0.2) is 0 Å². The van der Waals surface area contributed by atoms with Gasteiger partial charge in [-0.3, -0.25) is 4.79 Å². The molecule has 0 aromatic heterocycles. The molecular weight excluding hydrogens is 194 g/mol. The Morgan fingerprint density at radius 3 is 2.93 bits per heavy atom. The largest absolute Gasteiger partial charge is 0.497 e. The summed E-state index contributed by atoms with van der Waals surface area (Å²) in [5, 5.41) is 11.6. The van der Waals surface area contributed by atoms with Crippen LogP contribution in [0.4, 0.5) is 0 Å². The molecule has 1 atom stereocenters. The molecule has 0 aliphatic heterocycles. The molecule has 1 aromatic carbocycles. The topological polar surface area (TPSA) is 58.6 Å². The predicted molar refractivity (Wildman–Crippen MR) is 57.0 cm³/mol. The molecule has 0 saturated carbocycles. The van der Waals surface area contributed by atoms with Crippen molar-refractivity contribution in [2.45, 2.75) is 13.0 Å². The molecule has 1 amide bonds. The normalized spacial score (nSPS) is 11.9. The van der Waals surface area contributed by atoms with Crippen molar-refractivity contribution in [3.05, 3.63) is 29.8 Å². The Bertz CT molecular complexity index is 336. The highest BCUT2D eigenvalue weighted by Crippen LogP contribution is 2.12. The van der Waals surface area contributed by atoms with E-state index in [1.807, 2.05) is 0 Å². The molecule has 15 heavy (non-hydrogen) atoms. The molecule has 1 rings (SSSR count). The smallest absolute Gasteiger partial charge is 0.251 e. The van der Waals surface area contributed by atoms with E-state index in [4.69, 9.17) is 9.84 Å². The van der Waals surface area contributed by atoms with Gasteiger partial charge in [0.05, 0.1) is 13.2 Å². The number of aliphatic hydroxyl groups excluding tert-OH is 1. The van der Waals surface area contributed by atoms with Gasteiger partial charge in [-0.2, -0.15) is 0 Å². The quantitative estimate of drug-likeness (QED) is 0.771. The zero-order valence-electron chi connectivity index (χ0n) is 8.86. The molecule has 0 bridgehead atoms. The number of hydrogen-bond donors (Lipinski definition) is 2. The summed E-state index contributed by atoms with van der Waals surface area (Å²) in [6, 6.07) is 6.86. The number of amides is 1. The Morgan fingerprint density at radius 1 is 1.60 bits per heavy atom. The highest BCUT2D eigenvalue weighted by atomic mass is 16.5. The lowest BCUT2D eigenvalue weighted by Crippen LogP contribution is -2.30. The molecule has 0 aliphatic carbocycles. The van der Waals surface area contributed by atoms with Crippen LogP contribution in [0.25, 0.3) is 0 Å². The highest BCUT2D eigenvalue weighted by molar-refractivity contribution is 5.94. The van der Waals surface area contributed by atoms with Crippen LogP contribution in [0.1, 0.15) is 17.3 Å². The summed E-state index contributed by atoms with van der Waals surface area (Å²) in [5.74, 6) is 0.425. The van der Waals surface area contributed by atoms with Crippen molar-refractivity contribution < 1.29 is 14.6 Å². The number of methoxy groups -OCH3 is 1. The van der Waals surface area contributed by atoms with Gasteiger partial charge in [0.1, 0.15) is 5.75 Å². The Morgan fingerprint density at radius 2 is 2.33 bits per heavy atom. The molecule has 0 saturated heterocycles. The Balaban J connectivity index is 2.65. The third kappa shape index (κ3) is 3.59. The molecule has 0 radical (unpaired) electrons. The molecule has 4 heteroatoms. The summed E-state index contributed by atoms with van der Waals surface area (Å²) in [7, 11) is 1.55. The standard InChI is InChI=1S/C11H15NO3/c1-8(13)7-12-11(14)9-4-3-5-10(6-9)15-2/h3-6,8,13H,7H2,1-2H3,(H,12,14)/t8-/m1/s1. The maximum Gasteiger partial charge on any atom is 0.251 e. The molecule has 0 heterocycles. The second kappa shape index (κ2) is 5.36. The lowest BCUT2D eigenvalue weighted by atomic mass is 10.2. The Labute approximate surface area is 88.9 Å². The SMILES string of the molecule is COc1cccc(C(=O)NC[C@@H](C)O)c1. The molecule has 0 aliphatic rings. The Kier molecular flexibility index (Phi) is 4.12. The summed E-state index contributed by atoms with van der Waals surface area (Å²) in [6.07, 6.45) is -0.542. The highest BCUT2D eigenvalue weighted by Gasteiger charge is 2.06. The van der Waals surface area contributed by atoms with Gasteiger partial charge in [-0.15, -0.1) is 0 Å². The molecule has 2 N–H and O–H groups in total. The number of rotatable bonds is 4. The van der Waals surface area contributed by atoms with Gasteiger partial charge in [0.15, 0.2) is 0 Å². The van der Waals surface area contributed by atoms with Crippen molar-refractivity contribution in [3.8, 4) is 5.75 Å². The van der Waals surface area contributed by atoms with E-state index in [-0.39, 0.29) is 12.5 Å². The van der Waals surface area contributed by atoms with Crippen molar-refractivity contribution in [2.24, 2.45) is 0 Å². The second-order valence-electron chi connectivity index (χ2n) is 3.29. The summed E-state index contributed by atoms with van der Waals surface area (Å²) < 4.78 is 5.00. The van der Waals surface area contributed by atoms with Gasteiger partial charge in [-0.05, 0) is 25.1 Å². The van der Waals surface area contributed by atoms with Gasteiger partial charge in [0, 0.05) is 12.1 Å². The van der Waals surface area contributed by atoms with Crippen molar-refractivity contribution >= 4 is 5.91 Å². The van der Waals surface area contributed by atoms with Gasteiger partial charge in [0.2, 0.25) is 0 Å². The molecule has 4 nitrogen and oxygen atoms in total. The maximum atomic E-state index is 11.5. The van der Waals surface area contributed by atoms with Gasteiger partial charge >= 0.3 is 0 Å². The lowest BCUT2D eigenvalue weighted by molar-refractivity contribution is 0.0923. The fourth-order valence-electron chi connectivity index (χ4n) is 1.11. The summed E-state index contributed by atoms with van der Waals surface area (Å²) in [5.41, 5.74) is 0.523.